The smallest absolute Gasteiger partial charge is 0.109 e. The molecule has 0 aliphatic heterocycles. The third-order valence-electron chi connectivity index (χ3n) is 4.88. The van der Waals surface area contributed by atoms with Crippen molar-refractivity contribution >= 4 is 11.0 Å². The normalized spacial score (nSPS) is 23.3. The molecule has 2 atom stereocenters. The fourth-order valence-corrected chi connectivity index (χ4v) is 3.76. The highest BCUT2D eigenvalue weighted by molar-refractivity contribution is 5.75. The van der Waals surface area contributed by atoms with Crippen molar-refractivity contribution in [2.75, 3.05) is 6.54 Å². The van der Waals surface area contributed by atoms with Crippen LogP contribution in [0.5, 0.6) is 0 Å². The molecule has 0 amide bonds. The Bertz CT molecular complexity index is 587. The predicted molar refractivity (Wildman–Crippen MR) is 88.5 cm³/mol. The number of hydrogen-bond donors (Lipinski definition) is 1. The van der Waals surface area contributed by atoms with Gasteiger partial charge in [0.05, 0.1) is 11.0 Å². The standard InChI is InChI=1S/C18H27N3/c1-3-19-15-9-5-4-8-14(12-15)13-18-20-16-10-6-7-11-17(16)21(18)2/h6-7,10-11,14-15,19H,3-5,8-9,12-13H2,1-2H3. The topological polar surface area (TPSA) is 29.9 Å². The summed E-state index contributed by atoms with van der Waals surface area (Å²) >= 11 is 0. The molecule has 0 saturated heterocycles. The molecule has 1 aromatic carbocycles. The van der Waals surface area contributed by atoms with Crippen LogP contribution in [0.1, 0.15) is 44.9 Å². The summed E-state index contributed by atoms with van der Waals surface area (Å²) < 4.78 is 2.28. The van der Waals surface area contributed by atoms with Gasteiger partial charge in [0, 0.05) is 19.5 Å². The first kappa shape index (κ1) is 14.6. The minimum atomic E-state index is 0.706. The van der Waals surface area contributed by atoms with Crippen LogP contribution in [0.15, 0.2) is 24.3 Å². The van der Waals surface area contributed by atoms with Crippen LogP contribution in [0.25, 0.3) is 11.0 Å². The van der Waals surface area contributed by atoms with Crippen LogP contribution in [-0.4, -0.2) is 22.1 Å². The number of fused-ring (bicyclic) bond motifs is 1. The van der Waals surface area contributed by atoms with Crippen molar-refractivity contribution in [2.24, 2.45) is 13.0 Å². The molecule has 21 heavy (non-hydrogen) atoms. The third-order valence-corrected chi connectivity index (χ3v) is 4.88. The van der Waals surface area contributed by atoms with Crippen LogP contribution in [-0.2, 0) is 13.5 Å². The molecule has 114 valence electrons. The van der Waals surface area contributed by atoms with Gasteiger partial charge in [0.2, 0.25) is 0 Å². The summed E-state index contributed by atoms with van der Waals surface area (Å²) in [7, 11) is 2.16. The van der Waals surface area contributed by atoms with Crippen LogP contribution in [0.2, 0.25) is 0 Å². The van der Waals surface area contributed by atoms with Gasteiger partial charge >= 0.3 is 0 Å². The van der Waals surface area contributed by atoms with E-state index >= 15 is 0 Å². The highest BCUT2D eigenvalue weighted by Crippen LogP contribution is 2.27. The SMILES string of the molecule is CCNC1CCCCC(Cc2nc3ccccc3n2C)C1. The summed E-state index contributed by atoms with van der Waals surface area (Å²) in [6.07, 6.45) is 7.86. The van der Waals surface area contributed by atoms with Gasteiger partial charge in [0.25, 0.3) is 0 Å². The molecule has 3 nitrogen and oxygen atoms in total. The summed E-state index contributed by atoms with van der Waals surface area (Å²) in [6, 6.07) is 9.16. The molecule has 1 saturated carbocycles. The summed E-state index contributed by atoms with van der Waals surface area (Å²) in [5.74, 6) is 2.02. The van der Waals surface area contributed by atoms with Crippen LogP contribution < -0.4 is 5.32 Å². The summed E-state index contributed by atoms with van der Waals surface area (Å²) in [5.41, 5.74) is 2.39. The molecule has 3 heteroatoms. The molecule has 3 rings (SSSR count). The first-order chi connectivity index (χ1) is 10.3. The Kier molecular flexibility index (Phi) is 4.59. The zero-order valence-corrected chi connectivity index (χ0v) is 13.3. The molecular formula is C18H27N3. The van der Waals surface area contributed by atoms with Gasteiger partial charge in [0.1, 0.15) is 5.82 Å². The van der Waals surface area contributed by atoms with Gasteiger partial charge in [-0.05, 0) is 43.9 Å². The maximum absolute atomic E-state index is 4.85. The number of hydrogen-bond acceptors (Lipinski definition) is 2. The largest absolute Gasteiger partial charge is 0.331 e. The van der Waals surface area contributed by atoms with E-state index in [-0.39, 0.29) is 0 Å². The quantitative estimate of drug-likeness (QED) is 0.869. The fourth-order valence-electron chi connectivity index (χ4n) is 3.76. The van der Waals surface area contributed by atoms with Crippen molar-refractivity contribution in [1.82, 2.24) is 14.9 Å². The Morgan fingerprint density at radius 2 is 2.05 bits per heavy atom. The molecule has 1 aromatic heterocycles. The van der Waals surface area contributed by atoms with Crippen LogP contribution >= 0.6 is 0 Å². The molecule has 1 N–H and O–H groups in total. The van der Waals surface area contributed by atoms with E-state index in [2.05, 4.69) is 48.1 Å². The number of imidazole rings is 1. The van der Waals surface area contributed by atoms with Crippen LogP contribution in [0.4, 0.5) is 0 Å². The molecule has 0 spiro atoms. The monoisotopic (exact) mass is 285 g/mol. The number of aromatic nitrogens is 2. The van der Waals surface area contributed by atoms with E-state index in [0.29, 0.717) is 6.04 Å². The first-order valence-corrected chi connectivity index (χ1v) is 8.41. The highest BCUT2D eigenvalue weighted by Gasteiger charge is 2.21. The average Bonchev–Trinajstić information content (AvgIpc) is 2.66. The molecular weight excluding hydrogens is 258 g/mol. The number of benzene rings is 1. The number of aryl methyl sites for hydroxylation is 1. The molecule has 0 bridgehead atoms. The van der Waals surface area contributed by atoms with Crippen molar-refractivity contribution in [3.05, 3.63) is 30.1 Å². The molecule has 1 aliphatic rings. The van der Waals surface area contributed by atoms with Gasteiger partial charge in [-0.2, -0.15) is 0 Å². The molecule has 1 fully saturated rings. The highest BCUT2D eigenvalue weighted by atomic mass is 15.1. The van der Waals surface area contributed by atoms with E-state index in [0.717, 1.165) is 24.4 Å². The zero-order chi connectivity index (χ0) is 14.7. The zero-order valence-electron chi connectivity index (χ0n) is 13.3. The maximum atomic E-state index is 4.85. The minimum Gasteiger partial charge on any atom is -0.331 e. The molecule has 1 heterocycles. The molecule has 2 unspecified atom stereocenters. The van der Waals surface area contributed by atoms with Crippen molar-refractivity contribution in [1.29, 1.82) is 0 Å². The number of nitrogens with one attached hydrogen (secondary N) is 1. The molecule has 0 radical (unpaired) electrons. The Morgan fingerprint density at radius 3 is 2.86 bits per heavy atom. The Labute approximate surface area is 127 Å². The number of nitrogens with zero attached hydrogens (tertiary/aromatic N) is 2. The van der Waals surface area contributed by atoms with Gasteiger partial charge in [-0.15, -0.1) is 0 Å². The summed E-state index contributed by atoms with van der Waals surface area (Å²) in [5, 5.41) is 3.65. The van der Waals surface area contributed by atoms with E-state index in [9.17, 15) is 0 Å². The Hall–Kier alpha value is -1.35. The number of para-hydroxylation sites is 2. The van der Waals surface area contributed by atoms with Crippen LogP contribution in [0, 0.1) is 5.92 Å². The third kappa shape index (κ3) is 3.29. The second-order valence-electron chi connectivity index (χ2n) is 6.42. The predicted octanol–water partition coefficient (Wildman–Crippen LogP) is 3.67. The Morgan fingerprint density at radius 1 is 1.24 bits per heavy atom. The van der Waals surface area contributed by atoms with E-state index in [1.807, 2.05) is 0 Å². The van der Waals surface area contributed by atoms with Gasteiger partial charge in [-0.3, -0.25) is 0 Å². The van der Waals surface area contributed by atoms with E-state index in [4.69, 9.17) is 4.98 Å². The molecule has 1 aliphatic carbocycles. The lowest BCUT2D eigenvalue weighted by atomic mass is 9.94. The van der Waals surface area contributed by atoms with Crippen molar-refractivity contribution in [3.8, 4) is 0 Å². The van der Waals surface area contributed by atoms with Crippen LogP contribution in [0.3, 0.4) is 0 Å². The summed E-state index contributed by atoms with van der Waals surface area (Å²) in [6.45, 7) is 3.30. The van der Waals surface area contributed by atoms with Gasteiger partial charge in [-0.1, -0.05) is 31.9 Å². The lowest BCUT2D eigenvalue weighted by molar-refractivity contribution is 0.382. The lowest BCUT2D eigenvalue weighted by Crippen LogP contribution is -2.30. The van der Waals surface area contributed by atoms with E-state index < -0.39 is 0 Å². The second-order valence-corrected chi connectivity index (χ2v) is 6.42. The maximum Gasteiger partial charge on any atom is 0.109 e. The summed E-state index contributed by atoms with van der Waals surface area (Å²) in [4.78, 5) is 4.85. The van der Waals surface area contributed by atoms with E-state index in [1.54, 1.807) is 0 Å². The second kappa shape index (κ2) is 6.61. The van der Waals surface area contributed by atoms with Gasteiger partial charge in [-0.25, -0.2) is 4.98 Å². The first-order valence-electron chi connectivity index (χ1n) is 8.41. The molecule has 2 aromatic rings. The van der Waals surface area contributed by atoms with Gasteiger partial charge in [0.15, 0.2) is 0 Å². The van der Waals surface area contributed by atoms with E-state index in [1.165, 1.54) is 43.4 Å². The number of rotatable bonds is 4. The average molecular weight is 285 g/mol. The Balaban J connectivity index is 1.75. The van der Waals surface area contributed by atoms with Gasteiger partial charge < -0.3 is 9.88 Å². The fraction of sp³-hybridized carbons (Fsp3) is 0.611. The lowest BCUT2D eigenvalue weighted by Gasteiger charge is -2.20. The van der Waals surface area contributed by atoms with Crippen molar-refractivity contribution < 1.29 is 0 Å². The van der Waals surface area contributed by atoms with Crippen molar-refractivity contribution in [3.63, 3.8) is 0 Å². The van der Waals surface area contributed by atoms with Crippen molar-refractivity contribution in [2.45, 2.75) is 51.5 Å². The minimum absolute atomic E-state index is 0.706.